The van der Waals surface area contributed by atoms with Crippen LogP contribution in [0.15, 0.2) is 36.4 Å². The van der Waals surface area contributed by atoms with E-state index >= 15 is 0 Å². The monoisotopic (exact) mass is 515 g/mol. The first-order valence-electron chi connectivity index (χ1n) is 12.4. The highest BCUT2D eigenvalue weighted by Crippen LogP contribution is 2.46. The maximum absolute atomic E-state index is 12.7. The summed E-state index contributed by atoms with van der Waals surface area (Å²) in [5, 5.41) is 4.08. The van der Waals surface area contributed by atoms with Crippen LogP contribution in [0.25, 0.3) is 0 Å². The van der Waals surface area contributed by atoms with Gasteiger partial charge in [-0.15, -0.1) is 0 Å². The fourth-order valence-electron chi connectivity index (χ4n) is 5.20. The average Bonchev–Trinajstić information content (AvgIpc) is 2.82. The summed E-state index contributed by atoms with van der Waals surface area (Å²) in [5.41, 5.74) is 4.59. The number of carbonyl (C=O) groups excluding carboxylic acids is 2. The summed E-state index contributed by atoms with van der Waals surface area (Å²) in [4.78, 5) is 29.4. The Balaban J connectivity index is 1.30. The molecule has 1 aliphatic heterocycles. The van der Waals surface area contributed by atoms with E-state index in [1.165, 1.54) is 11.1 Å². The minimum Gasteiger partial charge on any atom is -0.367 e. The van der Waals surface area contributed by atoms with Crippen molar-refractivity contribution in [2.45, 2.75) is 64.2 Å². The summed E-state index contributed by atoms with van der Waals surface area (Å²) in [6, 6.07) is 11.9. The zero-order chi connectivity index (χ0) is 25.4. The van der Waals surface area contributed by atoms with Crippen molar-refractivity contribution < 1.29 is 9.59 Å². The van der Waals surface area contributed by atoms with Gasteiger partial charge < -0.3 is 15.1 Å². The fourth-order valence-corrected chi connectivity index (χ4v) is 5.62. The summed E-state index contributed by atoms with van der Waals surface area (Å²) in [5.74, 6) is -0.124. The van der Waals surface area contributed by atoms with Gasteiger partial charge in [-0.05, 0) is 59.1 Å². The number of hydrogen-bond acceptors (Lipinski definition) is 3. The molecule has 188 valence electrons. The Labute approximate surface area is 218 Å². The van der Waals surface area contributed by atoms with Gasteiger partial charge in [0.05, 0.1) is 15.7 Å². The SMILES string of the molecule is CC1(C)CCC(C)(C)c2cc(NC(=O)CCC(=O)N3CCN(c4cccc(Cl)c4Cl)CC3)ccc21. The topological polar surface area (TPSA) is 52.7 Å². The molecule has 5 nitrogen and oxygen atoms in total. The first-order valence-corrected chi connectivity index (χ1v) is 13.2. The number of hydrogen-bond donors (Lipinski definition) is 1. The third-order valence-corrected chi connectivity index (χ3v) is 8.42. The maximum atomic E-state index is 12.7. The molecule has 4 rings (SSSR count). The van der Waals surface area contributed by atoms with Gasteiger partial charge in [0, 0.05) is 44.7 Å². The quantitative estimate of drug-likeness (QED) is 0.500. The normalized spacial score (nSPS) is 18.7. The summed E-state index contributed by atoms with van der Waals surface area (Å²) in [6.45, 7) is 11.7. The molecule has 2 amide bonds. The largest absolute Gasteiger partial charge is 0.367 e. The minimum absolute atomic E-state index is 0.00492. The number of nitrogens with zero attached hydrogens (tertiary/aromatic N) is 2. The molecule has 2 aromatic rings. The zero-order valence-electron chi connectivity index (χ0n) is 21.1. The average molecular weight is 517 g/mol. The molecule has 0 radical (unpaired) electrons. The molecular weight excluding hydrogens is 481 g/mol. The number of piperazine rings is 1. The minimum atomic E-state index is -0.129. The van der Waals surface area contributed by atoms with E-state index in [4.69, 9.17) is 23.2 Å². The molecule has 0 bridgehead atoms. The van der Waals surface area contributed by atoms with Crippen molar-refractivity contribution in [3.8, 4) is 0 Å². The van der Waals surface area contributed by atoms with Crippen LogP contribution in [0, 0.1) is 0 Å². The van der Waals surface area contributed by atoms with E-state index in [0.29, 0.717) is 36.2 Å². The lowest BCUT2D eigenvalue weighted by Gasteiger charge is -2.42. The lowest BCUT2D eigenvalue weighted by molar-refractivity contribution is -0.133. The van der Waals surface area contributed by atoms with Gasteiger partial charge in [0.1, 0.15) is 0 Å². The van der Waals surface area contributed by atoms with Crippen molar-refractivity contribution in [2.75, 3.05) is 36.4 Å². The molecule has 7 heteroatoms. The van der Waals surface area contributed by atoms with Gasteiger partial charge in [-0.1, -0.05) is 63.0 Å². The number of carbonyl (C=O) groups is 2. The Kier molecular flexibility index (Phi) is 7.40. The van der Waals surface area contributed by atoms with Crippen LogP contribution in [0.5, 0.6) is 0 Å². The van der Waals surface area contributed by atoms with Crippen LogP contribution in [0.2, 0.25) is 10.0 Å². The third kappa shape index (κ3) is 5.62. The number of halogens is 2. The van der Waals surface area contributed by atoms with Crippen LogP contribution in [0.1, 0.15) is 64.5 Å². The summed E-state index contributed by atoms with van der Waals surface area (Å²) in [7, 11) is 0. The fraction of sp³-hybridized carbons (Fsp3) is 0.500. The third-order valence-electron chi connectivity index (χ3n) is 7.61. The number of anilines is 2. The van der Waals surface area contributed by atoms with Gasteiger partial charge in [-0.2, -0.15) is 0 Å². The molecule has 1 fully saturated rings. The molecule has 0 aromatic heterocycles. The lowest BCUT2D eigenvalue weighted by atomic mass is 9.63. The van der Waals surface area contributed by atoms with Crippen LogP contribution in [-0.4, -0.2) is 42.9 Å². The zero-order valence-corrected chi connectivity index (χ0v) is 22.6. The van der Waals surface area contributed by atoms with E-state index in [1.807, 2.05) is 23.1 Å². The standard InChI is InChI=1S/C28H35Cl2N3O2/c1-27(2)12-13-28(3,4)21-18-19(8-9-20(21)27)31-24(34)10-11-25(35)33-16-14-32(15-17-33)23-7-5-6-22(29)26(23)30/h5-9,18H,10-17H2,1-4H3,(H,31,34). The molecule has 0 saturated carbocycles. The van der Waals surface area contributed by atoms with Crippen LogP contribution in [-0.2, 0) is 20.4 Å². The molecule has 35 heavy (non-hydrogen) atoms. The molecule has 1 saturated heterocycles. The van der Waals surface area contributed by atoms with Gasteiger partial charge in [0.25, 0.3) is 0 Å². The molecule has 0 atom stereocenters. The predicted molar refractivity (Wildman–Crippen MR) is 145 cm³/mol. The second-order valence-corrected chi connectivity index (χ2v) is 11.8. The smallest absolute Gasteiger partial charge is 0.224 e. The second-order valence-electron chi connectivity index (χ2n) is 11.0. The molecule has 0 spiro atoms. The molecule has 2 aromatic carbocycles. The van der Waals surface area contributed by atoms with E-state index in [0.717, 1.165) is 24.2 Å². The highest BCUT2D eigenvalue weighted by atomic mass is 35.5. The number of rotatable bonds is 5. The molecule has 1 aliphatic carbocycles. The summed E-state index contributed by atoms with van der Waals surface area (Å²) < 4.78 is 0. The van der Waals surface area contributed by atoms with E-state index in [2.05, 4.69) is 50.0 Å². The maximum Gasteiger partial charge on any atom is 0.224 e. The predicted octanol–water partition coefficient (Wildman–Crippen LogP) is 6.41. The summed E-state index contributed by atoms with van der Waals surface area (Å²) in [6.07, 6.45) is 2.65. The number of benzene rings is 2. The lowest BCUT2D eigenvalue weighted by Crippen LogP contribution is -2.49. The van der Waals surface area contributed by atoms with E-state index in [-0.39, 0.29) is 35.5 Å². The van der Waals surface area contributed by atoms with Crippen LogP contribution < -0.4 is 10.2 Å². The van der Waals surface area contributed by atoms with Crippen LogP contribution in [0.3, 0.4) is 0 Å². The van der Waals surface area contributed by atoms with Gasteiger partial charge in [0.2, 0.25) is 11.8 Å². The van der Waals surface area contributed by atoms with E-state index in [1.54, 1.807) is 6.07 Å². The Hall–Kier alpha value is -2.24. The van der Waals surface area contributed by atoms with E-state index < -0.39 is 0 Å². The molecule has 1 N–H and O–H groups in total. The second kappa shape index (κ2) is 10.0. The number of amides is 2. The Bertz CT molecular complexity index is 1120. The molecular formula is C28H35Cl2N3O2. The van der Waals surface area contributed by atoms with Crippen molar-refractivity contribution in [2.24, 2.45) is 0 Å². The van der Waals surface area contributed by atoms with Gasteiger partial charge in [-0.25, -0.2) is 0 Å². The Morgan fingerprint density at radius 1 is 0.886 bits per heavy atom. The van der Waals surface area contributed by atoms with Crippen LogP contribution in [0.4, 0.5) is 11.4 Å². The van der Waals surface area contributed by atoms with E-state index in [9.17, 15) is 9.59 Å². The first-order chi connectivity index (χ1) is 16.5. The molecule has 0 unspecified atom stereocenters. The molecule has 2 aliphatic rings. The van der Waals surface area contributed by atoms with Crippen molar-refractivity contribution in [3.63, 3.8) is 0 Å². The van der Waals surface area contributed by atoms with Crippen LogP contribution >= 0.6 is 23.2 Å². The summed E-state index contributed by atoms with van der Waals surface area (Å²) >= 11 is 12.5. The first kappa shape index (κ1) is 25.8. The van der Waals surface area contributed by atoms with Crippen molar-refractivity contribution in [3.05, 3.63) is 57.6 Å². The molecule has 1 heterocycles. The van der Waals surface area contributed by atoms with Crippen molar-refractivity contribution in [1.29, 1.82) is 0 Å². The number of fused-ring (bicyclic) bond motifs is 1. The van der Waals surface area contributed by atoms with Crippen molar-refractivity contribution >= 4 is 46.4 Å². The van der Waals surface area contributed by atoms with Gasteiger partial charge >= 0.3 is 0 Å². The number of nitrogens with one attached hydrogen (secondary N) is 1. The highest BCUT2D eigenvalue weighted by Gasteiger charge is 2.37. The Morgan fingerprint density at radius 2 is 1.54 bits per heavy atom. The van der Waals surface area contributed by atoms with Gasteiger partial charge in [0.15, 0.2) is 0 Å². The highest BCUT2D eigenvalue weighted by molar-refractivity contribution is 6.43. The Morgan fingerprint density at radius 3 is 2.23 bits per heavy atom. The van der Waals surface area contributed by atoms with Crippen molar-refractivity contribution in [1.82, 2.24) is 4.90 Å². The van der Waals surface area contributed by atoms with Gasteiger partial charge in [-0.3, -0.25) is 9.59 Å².